The van der Waals surface area contributed by atoms with Gasteiger partial charge < -0.3 is 13.9 Å². The molecule has 1 aromatic carbocycles. The Hall–Kier alpha value is -3.54. The number of fused-ring (bicyclic) bond motifs is 1. The fraction of sp³-hybridized carbons (Fsp3) is 0.143. The third-order valence-corrected chi connectivity index (χ3v) is 4.84. The Balaban J connectivity index is 1.58. The topological polar surface area (TPSA) is 56.2 Å². The number of rotatable bonds is 3. The number of amides is 1. The molecule has 0 N–H and O–H groups in total. The molecule has 5 rings (SSSR count). The van der Waals surface area contributed by atoms with Crippen LogP contribution in [-0.2, 0) is 13.1 Å². The minimum atomic E-state index is -0.112. The highest BCUT2D eigenvalue weighted by molar-refractivity contribution is 5.91. The molecule has 1 aliphatic rings. The van der Waals surface area contributed by atoms with Gasteiger partial charge in [0.05, 0.1) is 30.7 Å². The third-order valence-electron chi connectivity index (χ3n) is 4.84. The van der Waals surface area contributed by atoms with E-state index in [-0.39, 0.29) is 5.91 Å². The number of hydrogen-bond donors (Lipinski definition) is 0. The molecular formula is C21H18N4O2. The van der Waals surface area contributed by atoms with E-state index in [0.717, 1.165) is 22.8 Å². The summed E-state index contributed by atoms with van der Waals surface area (Å²) in [5.74, 6) is 1.21. The smallest absolute Gasteiger partial charge is 0.290 e. The molecule has 1 amide bonds. The Morgan fingerprint density at radius 2 is 1.93 bits per heavy atom. The summed E-state index contributed by atoms with van der Waals surface area (Å²) in [6.45, 7) is 3.05. The van der Waals surface area contributed by atoms with E-state index in [2.05, 4.69) is 23.6 Å². The van der Waals surface area contributed by atoms with E-state index >= 15 is 0 Å². The van der Waals surface area contributed by atoms with E-state index in [1.54, 1.807) is 17.0 Å². The van der Waals surface area contributed by atoms with Crippen molar-refractivity contribution in [3.05, 3.63) is 89.8 Å². The summed E-state index contributed by atoms with van der Waals surface area (Å²) in [7, 11) is 0. The quantitative estimate of drug-likeness (QED) is 0.561. The molecule has 27 heavy (non-hydrogen) atoms. The van der Waals surface area contributed by atoms with Gasteiger partial charge in [-0.25, -0.2) is 4.68 Å². The van der Waals surface area contributed by atoms with Crippen LogP contribution in [-0.4, -0.2) is 25.2 Å². The zero-order chi connectivity index (χ0) is 18.4. The molecule has 134 valence electrons. The molecule has 0 bridgehead atoms. The number of nitrogens with zero attached hydrogens (tertiary/aromatic N) is 4. The van der Waals surface area contributed by atoms with Crippen LogP contribution < -0.4 is 0 Å². The molecular weight excluding hydrogens is 340 g/mol. The lowest BCUT2D eigenvalue weighted by Gasteiger charge is -2.16. The molecule has 3 aromatic heterocycles. The summed E-state index contributed by atoms with van der Waals surface area (Å²) in [5.41, 5.74) is 4.17. The first-order chi connectivity index (χ1) is 13.2. The van der Waals surface area contributed by atoms with E-state index in [4.69, 9.17) is 9.52 Å². The zero-order valence-corrected chi connectivity index (χ0v) is 14.9. The van der Waals surface area contributed by atoms with Crippen molar-refractivity contribution in [2.45, 2.75) is 20.0 Å². The van der Waals surface area contributed by atoms with Crippen LogP contribution >= 0.6 is 0 Å². The molecule has 0 spiro atoms. The Morgan fingerprint density at radius 1 is 1.07 bits per heavy atom. The summed E-state index contributed by atoms with van der Waals surface area (Å²) >= 11 is 0. The number of aryl methyl sites for hydroxylation is 1. The van der Waals surface area contributed by atoms with Gasteiger partial charge in [-0.1, -0.05) is 12.1 Å². The first kappa shape index (κ1) is 15.7. The minimum Gasteiger partial charge on any atom is -0.459 e. The van der Waals surface area contributed by atoms with E-state index in [1.165, 1.54) is 11.8 Å². The van der Waals surface area contributed by atoms with Gasteiger partial charge in [0.2, 0.25) is 0 Å². The molecule has 0 fully saturated rings. The summed E-state index contributed by atoms with van der Waals surface area (Å²) in [6, 6.07) is 15.7. The van der Waals surface area contributed by atoms with Crippen LogP contribution in [0.25, 0.3) is 11.5 Å². The zero-order valence-electron chi connectivity index (χ0n) is 14.9. The monoisotopic (exact) mass is 358 g/mol. The summed E-state index contributed by atoms with van der Waals surface area (Å²) in [6.07, 6.45) is 5.52. The average Bonchev–Trinajstić information content (AvgIpc) is 3.44. The largest absolute Gasteiger partial charge is 0.459 e. The molecule has 0 aliphatic carbocycles. The van der Waals surface area contributed by atoms with Gasteiger partial charge in [-0.15, -0.1) is 0 Å². The van der Waals surface area contributed by atoms with Gasteiger partial charge in [0.1, 0.15) is 5.82 Å². The van der Waals surface area contributed by atoms with Crippen LogP contribution in [0.1, 0.15) is 27.4 Å². The number of hydrogen-bond acceptors (Lipinski definition) is 3. The van der Waals surface area contributed by atoms with Crippen molar-refractivity contribution in [3.8, 4) is 11.5 Å². The van der Waals surface area contributed by atoms with E-state index in [9.17, 15) is 4.79 Å². The highest BCUT2D eigenvalue weighted by atomic mass is 16.3. The lowest BCUT2D eigenvalue weighted by molar-refractivity contribution is 0.0717. The molecule has 0 atom stereocenters. The predicted molar refractivity (Wildman–Crippen MR) is 99.9 cm³/mol. The predicted octanol–water partition coefficient (Wildman–Crippen LogP) is 3.72. The van der Waals surface area contributed by atoms with Gasteiger partial charge in [0.15, 0.2) is 5.76 Å². The second-order valence-corrected chi connectivity index (χ2v) is 6.73. The lowest BCUT2D eigenvalue weighted by atomic mass is 10.2. The lowest BCUT2D eigenvalue weighted by Crippen LogP contribution is -2.26. The van der Waals surface area contributed by atoms with Crippen LogP contribution in [0.5, 0.6) is 0 Å². The molecule has 4 heterocycles. The van der Waals surface area contributed by atoms with Crippen molar-refractivity contribution >= 4 is 5.91 Å². The van der Waals surface area contributed by atoms with Crippen molar-refractivity contribution in [2.75, 3.05) is 0 Å². The average molecular weight is 358 g/mol. The normalized spacial score (nSPS) is 13.1. The number of carbonyl (C=O) groups is 1. The van der Waals surface area contributed by atoms with Gasteiger partial charge in [-0.3, -0.25) is 4.79 Å². The number of carbonyl (C=O) groups excluding carboxylic acids is 1. The summed E-state index contributed by atoms with van der Waals surface area (Å²) in [5, 5.41) is 4.84. The van der Waals surface area contributed by atoms with Crippen LogP contribution in [0.4, 0.5) is 0 Å². The van der Waals surface area contributed by atoms with Crippen molar-refractivity contribution in [3.63, 3.8) is 0 Å². The molecule has 0 unspecified atom stereocenters. The van der Waals surface area contributed by atoms with E-state index in [1.807, 2.05) is 41.3 Å². The maximum Gasteiger partial charge on any atom is 0.290 e. The van der Waals surface area contributed by atoms with E-state index < -0.39 is 0 Å². The van der Waals surface area contributed by atoms with Gasteiger partial charge in [-0.2, -0.15) is 5.10 Å². The fourth-order valence-corrected chi connectivity index (χ4v) is 3.58. The number of aromatic nitrogens is 3. The molecule has 6 nitrogen and oxygen atoms in total. The first-order valence-corrected chi connectivity index (χ1v) is 8.84. The molecule has 1 aliphatic heterocycles. The Morgan fingerprint density at radius 3 is 2.67 bits per heavy atom. The van der Waals surface area contributed by atoms with Crippen molar-refractivity contribution < 1.29 is 9.21 Å². The Labute approximate surface area is 156 Å². The number of benzene rings is 1. The molecule has 4 aromatic rings. The highest BCUT2D eigenvalue weighted by Gasteiger charge is 2.32. The van der Waals surface area contributed by atoms with Crippen LogP contribution in [0.15, 0.2) is 71.6 Å². The number of furan rings is 1. The highest BCUT2D eigenvalue weighted by Crippen LogP contribution is 2.31. The maximum absolute atomic E-state index is 12.7. The molecule has 0 radical (unpaired) electrons. The van der Waals surface area contributed by atoms with Gasteiger partial charge >= 0.3 is 0 Å². The Bertz CT molecular complexity index is 1110. The molecule has 6 heteroatoms. The van der Waals surface area contributed by atoms with Crippen molar-refractivity contribution in [2.24, 2.45) is 0 Å². The van der Waals surface area contributed by atoms with Gasteiger partial charge in [0, 0.05) is 18.0 Å². The molecule has 0 saturated heterocycles. The second kappa shape index (κ2) is 6.02. The maximum atomic E-state index is 12.7. The second-order valence-electron chi connectivity index (χ2n) is 6.73. The Kier molecular flexibility index (Phi) is 3.50. The molecule has 0 saturated carbocycles. The van der Waals surface area contributed by atoms with Crippen LogP contribution in [0.3, 0.4) is 0 Å². The minimum absolute atomic E-state index is 0.112. The van der Waals surface area contributed by atoms with Gasteiger partial charge in [-0.05, 0) is 48.9 Å². The van der Waals surface area contributed by atoms with Crippen LogP contribution in [0, 0.1) is 6.92 Å². The van der Waals surface area contributed by atoms with Crippen LogP contribution in [0.2, 0.25) is 0 Å². The van der Waals surface area contributed by atoms with Crippen molar-refractivity contribution in [1.82, 2.24) is 19.2 Å². The SMILES string of the molecule is Cc1cccc(-n2nc3c(c2-n2cccc2)CN(C(=O)c2ccco2)C3)c1. The van der Waals surface area contributed by atoms with Gasteiger partial charge in [0.25, 0.3) is 5.91 Å². The van der Waals surface area contributed by atoms with E-state index in [0.29, 0.717) is 18.8 Å². The standard InChI is InChI=1S/C21H18N4O2/c1-15-6-4-7-16(12-15)25-20(23-9-2-3-10-23)17-13-24(14-18(17)22-25)21(26)19-8-5-11-27-19/h2-12H,13-14H2,1H3. The fourth-order valence-electron chi connectivity index (χ4n) is 3.58. The third kappa shape index (κ3) is 2.57. The first-order valence-electron chi connectivity index (χ1n) is 8.84. The summed E-state index contributed by atoms with van der Waals surface area (Å²) in [4.78, 5) is 14.4. The summed E-state index contributed by atoms with van der Waals surface area (Å²) < 4.78 is 9.29. The van der Waals surface area contributed by atoms with Crippen molar-refractivity contribution in [1.29, 1.82) is 0 Å².